The predicted molar refractivity (Wildman–Crippen MR) is 70.9 cm³/mol. The molecular weight excluding hydrogens is 218 g/mol. The van der Waals surface area contributed by atoms with Crippen molar-refractivity contribution in [3.05, 3.63) is 0 Å². The molecular formula is C12H27N3O2. The summed E-state index contributed by atoms with van der Waals surface area (Å²) in [4.78, 5) is 22.0. The predicted octanol–water partition coefficient (Wildman–Crippen LogP) is 1.27. The van der Waals surface area contributed by atoms with Gasteiger partial charge in [-0.1, -0.05) is 27.7 Å². The molecule has 0 aliphatic heterocycles. The number of hydrogen-bond donors (Lipinski definition) is 3. The van der Waals surface area contributed by atoms with Crippen molar-refractivity contribution < 1.29 is 9.59 Å². The largest absolute Gasteiger partial charge is 0.352 e. The number of nitrogens with one attached hydrogen (secondary N) is 2. The Morgan fingerprint density at radius 2 is 1.76 bits per heavy atom. The standard InChI is InChI=1S/C10H21N3O2.C2H6/c1-7(2)9(14)8(12-3)5-4-6-13-10(11)15;1-2/h7-8,12H,4-6H2,1-3H3,(H3,11,13,15);1-2H3/t8-;/m0./s1. The Hall–Kier alpha value is -1.10. The highest BCUT2D eigenvalue weighted by atomic mass is 16.2. The molecule has 0 spiro atoms. The zero-order chi connectivity index (χ0) is 13.8. The summed E-state index contributed by atoms with van der Waals surface area (Å²) in [5.41, 5.74) is 4.92. The van der Waals surface area contributed by atoms with E-state index in [9.17, 15) is 9.59 Å². The molecule has 5 nitrogen and oxygen atoms in total. The van der Waals surface area contributed by atoms with Crippen LogP contribution < -0.4 is 16.4 Å². The van der Waals surface area contributed by atoms with Gasteiger partial charge >= 0.3 is 6.03 Å². The average molecular weight is 245 g/mol. The fourth-order valence-corrected chi connectivity index (χ4v) is 1.35. The lowest BCUT2D eigenvalue weighted by atomic mass is 9.98. The Morgan fingerprint density at radius 3 is 2.12 bits per heavy atom. The minimum atomic E-state index is -0.522. The van der Waals surface area contributed by atoms with Gasteiger partial charge in [-0.2, -0.15) is 0 Å². The molecule has 4 N–H and O–H groups in total. The highest BCUT2D eigenvalue weighted by Gasteiger charge is 2.18. The van der Waals surface area contributed by atoms with E-state index in [1.165, 1.54) is 0 Å². The van der Waals surface area contributed by atoms with E-state index in [0.717, 1.165) is 6.42 Å². The van der Waals surface area contributed by atoms with Crippen molar-refractivity contribution in [2.75, 3.05) is 13.6 Å². The van der Waals surface area contributed by atoms with Crippen LogP contribution in [0.1, 0.15) is 40.5 Å². The van der Waals surface area contributed by atoms with Crippen molar-refractivity contribution in [1.29, 1.82) is 0 Å². The minimum absolute atomic E-state index is 0.0338. The quantitative estimate of drug-likeness (QED) is 0.591. The first-order valence-electron chi connectivity index (χ1n) is 6.23. The van der Waals surface area contributed by atoms with E-state index < -0.39 is 6.03 Å². The second kappa shape index (κ2) is 11.4. The van der Waals surface area contributed by atoms with Gasteiger partial charge in [-0.15, -0.1) is 0 Å². The van der Waals surface area contributed by atoms with Crippen LogP contribution in [0.5, 0.6) is 0 Å². The second-order valence-electron chi connectivity index (χ2n) is 3.83. The zero-order valence-corrected chi connectivity index (χ0v) is 11.7. The van der Waals surface area contributed by atoms with Crippen LogP contribution in [0, 0.1) is 5.92 Å². The molecule has 0 saturated carbocycles. The first kappa shape index (κ1) is 18.3. The summed E-state index contributed by atoms with van der Waals surface area (Å²) in [5, 5.41) is 5.47. The van der Waals surface area contributed by atoms with Crippen LogP contribution in [0.2, 0.25) is 0 Å². The lowest BCUT2D eigenvalue weighted by Gasteiger charge is -2.16. The van der Waals surface area contributed by atoms with E-state index in [1.54, 1.807) is 7.05 Å². The van der Waals surface area contributed by atoms with E-state index in [-0.39, 0.29) is 17.7 Å². The summed E-state index contributed by atoms with van der Waals surface area (Å²) in [6, 6.07) is -0.647. The maximum atomic E-state index is 11.6. The number of nitrogens with two attached hydrogens (primary N) is 1. The van der Waals surface area contributed by atoms with Crippen molar-refractivity contribution >= 4 is 11.8 Å². The summed E-state index contributed by atoms with van der Waals surface area (Å²) in [6.07, 6.45) is 1.46. The molecule has 0 unspecified atom stereocenters. The molecule has 0 aliphatic carbocycles. The molecule has 102 valence electrons. The molecule has 0 aromatic heterocycles. The van der Waals surface area contributed by atoms with E-state index >= 15 is 0 Å². The van der Waals surface area contributed by atoms with Crippen LogP contribution in [0.3, 0.4) is 0 Å². The van der Waals surface area contributed by atoms with Gasteiger partial charge in [0.05, 0.1) is 6.04 Å². The first-order valence-corrected chi connectivity index (χ1v) is 6.23. The maximum absolute atomic E-state index is 11.6. The molecule has 0 saturated heterocycles. The SMILES string of the molecule is CC.CN[C@@H](CCCNC(N)=O)C(=O)C(C)C. The van der Waals surface area contributed by atoms with Crippen LogP contribution in [0.25, 0.3) is 0 Å². The molecule has 1 atom stereocenters. The van der Waals surface area contributed by atoms with Gasteiger partial charge in [0.1, 0.15) is 0 Å². The fourth-order valence-electron chi connectivity index (χ4n) is 1.35. The van der Waals surface area contributed by atoms with E-state index in [1.807, 2.05) is 27.7 Å². The van der Waals surface area contributed by atoms with Gasteiger partial charge in [0.25, 0.3) is 0 Å². The van der Waals surface area contributed by atoms with Crippen LogP contribution in [0.15, 0.2) is 0 Å². The second-order valence-corrected chi connectivity index (χ2v) is 3.83. The summed E-state index contributed by atoms with van der Waals surface area (Å²) < 4.78 is 0. The molecule has 2 amide bonds. The number of urea groups is 1. The van der Waals surface area contributed by atoms with Crippen molar-refractivity contribution in [3.8, 4) is 0 Å². The Labute approximate surface area is 105 Å². The number of hydrogen-bond acceptors (Lipinski definition) is 3. The average Bonchev–Trinajstić information content (AvgIpc) is 2.30. The Bertz CT molecular complexity index is 218. The number of primary amides is 1. The molecule has 0 rings (SSSR count). The highest BCUT2D eigenvalue weighted by molar-refractivity contribution is 5.85. The monoisotopic (exact) mass is 245 g/mol. The van der Waals surface area contributed by atoms with E-state index in [2.05, 4.69) is 10.6 Å². The van der Waals surface area contributed by atoms with Crippen LogP contribution >= 0.6 is 0 Å². The molecule has 0 aliphatic rings. The zero-order valence-electron chi connectivity index (χ0n) is 11.7. The number of likely N-dealkylation sites (N-methyl/N-ethyl adjacent to an activating group) is 1. The topological polar surface area (TPSA) is 84.2 Å². The Kier molecular flexibility index (Phi) is 12.2. The van der Waals surface area contributed by atoms with E-state index in [0.29, 0.717) is 13.0 Å². The molecule has 0 radical (unpaired) electrons. The van der Waals surface area contributed by atoms with E-state index in [4.69, 9.17) is 5.73 Å². The van der Waals surface area contributed by atoms with Gasteiger partial charge in [-0.3, -0.25) is 4.79 Å². The highest BCUT2D eigenvalue weighted by Crippen LogP contribution is 2.05. The van der Waals surface area contributed by atoms with Crippen LogP contribution in [-0.4, -0.2) is 31.4 Å². The third-order valence-electron chi connectivity index (χ3n) is 2.23. The number of ketones is 1. The maximum Gasteiger partial charge on any atom is 0.312 e. The summed E-state index contributed by atoms with van der Waals surface area (Å²) in [5.74, 6) is 0.239. The van der Waals surface area contributed by atoms with Crippen molar-refractivity contribution in [2.24, 2.45) is 11.7 Å². The van der Waals surface area contributed by atoms with Gasteiger partial charge in [0, 0.05) is 12.5 Å². The van der Waals surface area contributed by atoms with Gasteiger partial charge in [-0.25, -0.2) is 4.79 Å². The van der Waals surface area contributed by atoms with Crippen molar-refractivity contribution in [1.82, 2.24) is 10.6 Å². The molecule has 0 fully saturated rings. The molecule has 17 heavy (non-hydrogen) atoms. The summed E-state index contributed by atoms with van der Waals surface area (Å²) in [7, 11) is 1.77. The van der Waals surface area contributed by atoms with Gasteiger partial charge in [-0.05, 0) is 19.9 Å². The van der Waals surface area contributed by atoms with Crippen LogP contribution in [0.4, 0.5) is 4.79 Å². The van der Waals surface area contributed by atoms with Gasteiger partial charge in [0.15, 0.2) is 5.78 Å². The number of carbonyl (C=O) groups is 2. The normalized spacial score (nSPS) is 11.4. The smallest absolute Gasteiger partial charge is 0.312 e. The third-order valence-corrected chi connectivity index (χ3v) is 2.23. The molecule has 0 aromatic rings. The summed E-state index contributed by atoms with van der Waals surface area (Å²) >= 11 is 0. The number of carbonyl (C=O) groups excluding carboxylic acids is 2. The first-order chi connectivity index (χ1) is 7.99. The molecule has 0 bridgehead atoms. The fraction of sp³-hybridized carbons (Fsp3) is 0.833. The number of rotatable bonds is 7. The lowest BCUT2D eigenvalue weighted by Crippen LogP contribution is -2.38. The number of Topliss-reactive ketones (excluding diaryl/α,β-unsaturated/α-hetero) is 1. The lowest BCUT2D eigenvalue weighted by molar-refractivity contribution is -0.124. The number of amides is 2. The summed E-state index contributed by atoms with van der Waals surface area (Å²) in [6.45, 7) is 8.28. The Morgan fingerprint density at radius 1 is 1.24 bits per heavy atom. The molecule has 0 aromatic carbocycles. The molecule has 0 heterocycles. The van der Waals surface area contributed by atoms with Gasteiger partial charge < -0.3 is 16.4 Å². The Balaban J connectivity index is 0. The van der Waals surface area contributed by atoms with Crippen molar-refractivity contribution in [2.45, 2.75) is 46.6 Å². The van der Waals surface area contributed by atoms with Crippen LogP contribution in [-0.2, 0) is 4.79 Å². The molecule has 5 heteroatoms. The van der Waals surface area contributed by atoms with Gasteiger partial charge in [0.2, 0.25) is 0 Å². The van der Waals surface area contributed by atoms with Crippen molar-refractivity contribution in [3.63, 3.8) is 0 Å². The third kappa shape index (κ3) is 9.81. The minimum Gasteiger partial charge on any atom is -0.352 e.